The van der Waals surface area contributed by atoms with E-state index in [4.69, 9.17) is 23.2 Å². The lowest BCUT2D eigenvalue weighted by Gasteiger charge is -2.16. The molecule has 0 saturated carbocycles. The fourth-order valence-electron chi connectivity index (χ4n) is 3.74. The summed E-state index contributed by atoms with van der Waals surface area (Å²) in [5.74, 6) is -2.27. The van der Waals surface area contributed by atoms with E-state index in [-0.39, 0.29) is 40.5 Å². The average Bonchev–Trinajstić information content (AvgIpc) is 3.40. The van der Waals surface area contributed by atoms with Gasteiger partial charge in [-0.1, -0.05) is 23.2 Å². The van der Waals surface area contributed by atoms with Gasteiger partial charge in [-0.2, -0.15) is 15.2 Å². The number of anilines is 2. The highest BCUT2D eigenvalue weighted by molar-refractivity contribution is 6.34. The molecule has 5 rings (SSSR count). The Bertz CT molecular complexity index is 1790. The summed E-state index contributed by atoms with van der Waals surface area (Å²) in [6, 6.07) is 4.97. The van der Waals surface area contributed by atoms with Gasteiger partial charge in [0.1, 0.15) is 6.33 Å². The van der Waals surface area contributed by atoms with Crippen molar-refractivity contribution in [3.63, 3.8) is 0 Å². The maximum absolute atomic E-state index is 14.0. The van der Waals surface area contributed by atoms with Crippen LogP contribution in [0, 0.1) is 11.6 Å². The highest BCUT2D eigenvalue weighted by Crippen LogP contribution is 2.29. The Balaban J connectivity index is 1.64. The Morgan fingerprint density at radius 3 is 2.41 bits per heavy atom. The van der Waals surface area contributed by atoms with E-state index in [0.717, 1.165) is 26.7 Å². The molecule has 2 aromatic carbocycles. The molecule has 3 heterocycles. The van der Waals surface area contributed by atoms with Gasteiger partial charge in [0.2, 0.25) is 5.95 Å². The summed E-state index contributed by atoms with van der Waals surface area (Å²) in [5, 5.41) is 12.2. The molecule has 0 atom stereocenters. The Kier molecular flexibility index (Phi) is 6.25. The fraction of sp³-hybridized carbons (Fsp3) is 0.182. The van der Waals surface area contributed by atoms with E-state index in [2.05, 4.69) is 25.5 Å². The first-order chi connectivity index (χ1) is 17.6. The number of hydrogen-bond acceptors (Lipinski definition) is 7. The third-order valence-electron chi connectivity index (χ3n) is 5.47. The van der Waals surface area contributed by atoms with Crippen molar-refractivity contribution in [2.24, 2.45) is 14.1 Å². The number of rotatable bonds is 6. The van der Waals surface area contributed by atoms with Crippen molar-refractivity contribution in [1.82, 2.24) is 38.7 Å². The molecule has 3 aromatic heterocycles. The third-order valence-corrected chi connectivity index (χ3v) is 6.13. The topological polar surface area (TPSA) is 117 Å². The van der Waals surface area contributed by atoms with E-state index in [1.807, 2.05) is 0 Å². The van der Waals surface area contributed by atoms with Crippen LogP contribution in [0.3, 0.4) is 0 Å². The first-order valence-electron chi connectivity index (χ1n) is 10.7. The Hall–Kier alpha value is -4.10. The number of benzene rings is 2. The van der Waals surface area contributed by atoms with Crippen LogP contribution in [-0.2, 0) is 27.2 Å². The van der Waals surface area contributed by atoms with Crippen molar-refractivity contribution >= 4 is 45.7 Å². The molecule has 15 heteroatoms. The zero-order chi connectivity index (χ0) is 26.4. The second-order valence-electron chi connectivity index (χ2n) is 8.18. The van der Waals surface area contributed by atoms with Crippen LogP contribution < -0.4 is 16.7 Å². The lowest BCUT2D eigenvalue weighted by Crippen LogP contribution is -2.43. The first kappa shape index (κ1) is 24.6. The van der Waals surface area contributed by atoms with Gasteiger partial charge in [0, 0.05) is 30.7 Å². The minimum atomic E-state index is -1.15. The molecule has 0 saturated heterocycles. The van der Waals surface area contributed by atoms with Crippen molar-refractivity contribution in [2.75, 3.05) is 5.32 Å². The molecule has 0 unspecified atom stereocenters. The van der Waals surface area contributed by atoms with E-state index in [0.29, 0.717) is 11.2 Å². The normalized spacial score (nSPS) is 11.4. The third kappa shape index (κ3) is 4.82. The molecule has 190 valence electrons. The molecule has 0 aliphatic carbocycles. The van der Waals surface area contributed by atoms with E-state index >= 15 is 0 Å². The predicted octanol–water partition coefficient (Wildman–Crippen LogP) is 2.85. The van der Waals surface area contributed by atoms with Gasteiger partial charge in [-0.25, -0.2) is 27.9 Å². The van der Waals surface area contributed by atoms with Crippen LogP contribution in [0.25, 0.3) is 10.9 Å². The maximum Gasteiger partial charge on any atom is 0.355 e. The SMILES string of the molecule is Cn1cnc(Cn2c(=O)nc(Nc3cc4cn(C)nc4cc3Cl)n(Cc3cc(F)c(F)cc3Cl)c2=O)n1. The number of hydrogen-bond donors (Lipinski definition) is 1. The van der Waals surface area contributed by atoms with Crippen LogP contribution in [0.1, 0.15) is 11.4 Å². The zero-order valence-corrected chi connectivity index (χ0v) is 20.8. The van der Waals surface area contributed by atoms with Crippen LogP contribution >= 0.6 is 23.2 Å². The molecule has 1 N–H and O–H groups in total. The number of fused-ring (bicyclic) bond motifs is 1. The number of halogens is 4. The summed E-state index contributed by atoms with van der Waals surface area (Å²) in [6.45, 7) is -0.605. The lowest BCUT2D eigenvalue weighted by molar-refractivity contribution is 0.505. The first-order valence-corrected chi connectivity index (χ1v) is 11.4. The molecule has 11 nitrogen and oxygen atoms in total. The zero-order valence-electron chi connectivity index (χ0n) is 19.3. The van der Waals surface area contributed by atoms with Gasteiger partial charge < -0.3 is 5.32 Å². The molecule has 0 amide bonds. The minimum absolute atomic E-state index is 0.0856. The Labute approximate surface area is 216 Å². The van der Waals surface area contributed by atoms with Gasteiger partial charge in [-0.05, 0) is 29.8 Å². The molecule has 0 bridgehead atoms. The quantitative estimate of drug-likeness (QED) is 0.325. The second kappa shape index (κ2) is 9.41. The van der Waals surface area contributed by atoms with Gasteiger partial charge in [-0.3, -0.25) is 13.9 Å². The van der Waals surface area contributed by atoms with E-state index in [1.165, 1.54) is 11.0 Å². The molecule has 0 aliphatic heterocycles. The van der Waals surface area contributed by atoms with Gasteiger partial charge in [-0.15, -0.1) is 0 Å². The number of aryl methyl sites for hydroxylation is 2. The summed E-state index contributed by atoms with van der Waals surface area (Å²) >= 11 is 12.5. The van der Waals surface area contributed by atoms with Crippen molar-refractivity contribution in [2.45, 2.75) is 13.1 Å². The maximum atomic E-state index is 14.0. The molecule has 5 aromatic rings. The summed E-state index contributed by atoms with van der Waals surface area (Å²) in [7, 11) is 3.39. The number of nitrogens with zero attached hydrogens (tertiary/aromatic N) is 8. The van der Waals surface area contributed by atoms with Crippen molar-refractivity contribution in [3.8, 4) is 0 Å². The second-order valence-corrected chi connectivity index (χ2v) is 9.00. The van der Waals surface area contributed by atoms with E-state index in [1.54, 1.807) is 37.1 Å². The minimum Gasteiger partial charge on any atom is -0.324 e. The largest absolute Gasteiger partial charge is 0.355 e. The lowest BCUT2D eigenvalue weighted by atomic mass is 10.2. The average molecular weight is 548 g/mol. The van der Waals surface area contributed by atoms with E-state index in [9.17, 15) is 18.4 Å². The monoisotopic (exact) mass is 547 g/mol. The summed E-state index contributed by atoms with van der Waals surface area (Å²) in [6.07, 6.45) is 3.18. The van der Waals surface area contributed by atoms with Crippen LogP contribution in [0.2, 0.25) is 10.0 Å². The molecule has 0 aliphatic rings. The smallest absolute Gasteiger partial charge is 0.324 e. The van der Waals surface area contributed by atoms with Crippen molar-refractivity contribution in [1.29, 1.82) is 0 Å². The van der Waals surface area contributed by atoms with Crippen LogP contribution in [0.4, 0.5) is 20.4 Å². The van der Waals surface area contributed by atoms with Crippen LogP contribution in [-0.4, -0.2) is 38.7 Å². The van der Waals surface area contributed by atoms with Gasteiger partial charge in [0.25, 0.3) is 0 Å². The number of nitrogens with one attached hydrogen (secondary N) is 1. The number of aromatic nitrogens is 8. The highest BCUT2D eigenvalue weighted by atomic mass is 35.5. The molecular weight excluding hydrogens is 531 g/mol. The Morgan fingerprint density at radius 1 is 0.919 bits per heavy atom. The van der Waals surface area contributed by atoms with Crippen molar-refractivity contribution in [3.05, 3.63) is 90.8 Å². The van der Waals surface area contributed by atoms with E-state index < -0.39 is 23.0 Å². The molecule has 37 heavy (non-hydrogen) atoms. The summed E-state index contributed by atoms with van der Waals surface area (Å²) < 4.78 is 32.5. The predicted molar refractivity (Wildman–Crippen MR) is 132 cm³/mol. The van der Waals surface area contributed by atoms with Gasteiger partial charge >= 0.3 is 11.4 Å². The summed E-state index contributed by atoms with van der Waals surface area (Å²) in [4.78, 5) is 34.5. The molecule has 0 spiro atoms. The van der Waals surface area contributed by atoms with Crippen molar-refractivity contribution < 1.29 is 8.78 Å². The fourth-order valence-corrected chi connectivity index (χ4v) is 4.16. The molecule has 0 radical (unpaired) electrons. The highest BCUT2D eigenvalue weighted by Gasteiger charge is 2.19. The standard InChI is InChI=1S/C22H17Cl2F2N9O2/c1-32-7-12-4-18(14(24)6-17(12)30-32)28-20-29-21(36)35(9-19-27-10-33(2)31-19)22(37)34(20)8-11-3-15(25)16(26)5-13(11)23/h3-7,10H,8-9H2,1-2H3,(H,28,29,36). The Morgan fingerprint density at radius 2 is 1.68 bits per heavy atom. The van der Waals surface area contributed by atoms with Crippen LogP contribution in [0.5, 0.6) is 0 Å². The summed E-state index contributed by atoms with van der Waals surface area (Å²) in [5.41, 5.74) is -0.638. The molecular formula is C22H17Cl2F2N9O2. The molecule has 0 fully saturated rings. The van der Waals surface area contributed by atoms with Gasteiger partial charge in [0.05, 0.1) is 29.3 Å². The van der Waals surface area contributed by atoms with Gasteiger partial charge in [0.15, 0.2) is 17.5 Å². The van der Waals surface area contributed by atoms with Crippen LogP contribution in [0.15, 0.2) is 46.4 Å².